The van der Waals surface area contributed by atoms with Gasteiger partial charge in [0, 0.05) is 19.7 Å². The van der Waals surface area contributed by atoms with Gasteiger partial charge in [0.1, 0.15) is 6.04 Å². The Labute approximate surface area is 106 Å². The van der Waals surface area contributed by atoms with Crippen molar-refractivity contribution in [3.8, 4) is 0 Å². The molecule has 2 N–H and O–H groups in total. The van der Waals surface area contributed by atoms with E-state index in [0.717, 1.165) is 32.3 Å². The fourth-order valence-corrected chi connectivity index (χ4v) is 2.58. The molecule has 0 bridgehead atoms. The van der Waals surface area contributed by atoms with Gasteiger partial charge in [-0.05, 0) is 32.1 Å². The van der Waals surface area contributed by atoms with Crippen LogP contribution in [0.5, 0.6) is 0 Å². The number of carbonyl (C=O) groups is 2. The van der Waals surface area contributed by atoms with E-state index in [1.807, 2.05) is 0 Å². The molecule has 2 rings (SSSR count). The lowest BCUT2D eigenvalue weighted by Gasteiger charge is -2.22. The smallest absolute Gasteiger partial charge is 0.326 e. The average Bonchev–Trinajstić information content (AvgIpc) is 2.99. The van der Waals surface area contributed by atoms with Gasteiger partial charge in [-0.25, -0.2) is 9.59 Å². The van der Waals surface area contributed by atoms with Gasteiger partial charge in [0.2, 0.25) is 0 Å². The molecule has 2 heterocycles. The maximum Gasteiger partial charge on any atom is 0.326 e. The van der Waals surface area contributed by atoms with Crippen molar-refractivity contribution in [3.05, 3.63) is 0 Å². The van der Waals surface area contributed by atoms with Crippen LogP contribution in [0.1, 0.15) is 32.1 Å². The molecule has 2 saturated heterocycles. The van der Waals surface area contributed by atoms with E-state index in [1.54, 1.807) is 0 Å². The van der Waals surface area contributed by atoms with Gasteiger partial charge in [-0.2, -0.15) is 0 Å². The maximum atomic E-state index is 11.8. The Bertz CT molecular complexity index is 315. The maximum absolute atomic E-state index is 11.8. The minimum absolute atomic E-state index is 0.249. The van der Waals surface area contributed by atoms with Gasteiger partial charge in [0.15, 0.2) is 0 Å². The van der Waals surface area contributed by atoms with Crippen molar-refractivity contribution in [1.82, 2.24) is 10.2 Å². The highest BCUT2D eigenvalue weighted by atomic mass is 16.5. The number of rotatable bonds is 4. The lowest BCUT2D eigenvalue weighted by Crippen LogP contribution is -2.46. The van der Waals surface area contributed by atoms with Crippen molar-refractivity contribution in [2.45, 2.75) is 44.2 Å². The molecule has 2 aliphatic heterocycles. The summed E-state index contributed by atoms with van der Waals surface area (Å²) in [6, 6.07) is -0.925. The van der Waals surface area contributed by atoms with E-state index in [2.05, 4.69) is 5.32 Å². The molecule has 0 aromatic heterocycles. The third-order valence-electron chi connectivity index (χ3n) is 3.57. The summed E-state index contributed by atoms with van der Waals surface area (Å²) in [7, 11) is 0. The molecule has 1 unspecified atom stereocenters. The zero-order valence-electron chi connectivity index (χ0n) is 10.4. The van der Waals surface area contributed by atoms with Crippen LogP contribution in [0.25, 0.3) is 0 Å². The minimum Gasteiger partial charge on any atom is -0.480 e. The van der Waals surface area contributed by atoms with Crippen molar-refractivity contribution >= 4 is 12.0 Å². The van der Waals surface area contributed by atoms with E-state index >= 15 is 0 Å². The third kappa shape index (κ3) is 3.13. The number of likely N-dealkylation sites (tertiary alicyclic amines) is 1. The number of aliphatic carboxylic acids is 1. The minimum atomic E-state index is -0.915. The number of nitrogens with zero attached hydrogens (tertiary/aromatic N) is 1. The van der Waals surface area contributed by atoms with Crippen molar-refractivity contribution in [2.24, 2.45) is 0 Å². The first-order chi connectivity index (χ1) is 8.68. The predicted octanol–water partition coefficient (Wildman–Crippen LogP) is 0.814. The molecule has 0 aromatic rings. The largest absolute Gasteiger partial charge is 0.480 e. The molecule has 0 aromatic carbocycles. The van der Waals surface area contributed by atoms with Gasteiger partial charge >= 0.3 is 12.0 Å². The SMILES string of the molecule is O=C(O)[C@H]1CCCN1C(=O)NCCC1CCCO1. The molecule has 0 radical (unpaired) electrons. The fraction of sp³-hybridized carbons (Fsp3) is 0.833. The quantitative estimate of drug-likeness (QED) is 0.780. The summed E-state index contributed by atoms with van der Waals surface area (Å²) >= 11 is 0. The molecule has 0 spiro atoms. The first kappa shape index (κ1) is 13.1. The molecule has 2 fully saturated rings. The zero-order valence-corrected chi connectivity index (χ0v) is 10.4. The molecule has 6 heteroatoms. The second-order valence-electron chi connectivity index (χ2n) is 4.85. The molecule has 102 valence electrons. The number of carboxylic acid groups (broad SMARTS) is 1. The zero-order chi connectivity index (χ0) is 13.0. The summed E-state index contributed by atoms with van der Waals surface area (Å²) in [4.78, 5) is 24.2. The van der Waals surface area contributed by atoms with Crippen LogP contribution < -0.4 is 5.32 Å². The van der Waals surface area contributed by atoms with Crippen LogP contribution in [0.3, 0.4) is 0 Å². The summed E-state index contributed by atoms with van der Waals surface area (Å²) in [6.07, 6.45) is 4.50. The van der Waals surface area contributed by atoms with Crippen LogP contribution in [-0.4, -0.2) is 53.8 Å². The van der Waals surface area contributed by atoms with Gasteiger partial charge in [-0.15, -0.1) is 0 Å². The number of hydrogen-bond acceptors (Lipinski definition) is 3. The highest BCUT2D eigenvalue weighted by Gasteiger charge is 2.33. The Balaban J connectivity index is 1.71. The Kier molecular flexibility index (Phi) is 4.41. The van der Waals surface area contributed by atoms with Crippen LogP contribution in [0.4, 0.5) is 4.79 Å². The standard InChI is InChI=1S/C12H20N2O4/c15-11(16)10-4-1-7-14(10)12(17)13-6-5-9-3-2-8-18-9/h9-10H,1-8H2,(H,13,17)(H,15,16)/t9?,10-/m1/s1. The average molecular weight is 256 g/mol. The van der Waals surface area contributed by atoms with E-state index in [9.17, 15) is 9.59 Å². The molecular weight excluding hydrogens is 236 g/mol. The van der Waals surface area contributed by atoms with Crippen molar-refractivity contribution in [3.63, 3.8) is 0 Å². The molecule has 6 nitrogen and oxygen atoms in total. The highest BCUT2D eigenvalue weighted by molar-refractivity contribution is 5.83. The van der Waals surface area contributed by atoms with E-state index in [1.165, 1.54) is 4.90 Å². The first-order valence-corrected chi connectivity index (χ1v) is 6.57. The van der Waals surface area contributed by atoms with Crippen molar-refractivity contribution < 1.29 is 19.4 Å². The predicted molar refractivity (Wildman–Crippen MR) is 64.4 cm³/mol. The second kappa shape index (κ2) is 6.04. The number of ether oxygens (including phenoxy) is 1. The number of carbonyl (C=O) groups excluding carboxylic acids is 1. The third-order valence-corrected chi connectivity index (χ3v) is 3.57. The summed E-state index contributed by atoms with van der Waals surface area (Å²) in [5.41, 5.74) is 0. The number of carboxylic acids is 1. The molecular formula is C12H20N2O4. The van der Waals surface area contributed by atoms with Gasteiger partial charge in [-0.1, -0.05) is 0 Å². The first-order valence-electron chi connectivity index (χ1n) is 6.57. The monoisotopic (exact) mass is 256 g/mol. The molecule has 2 atom stereocenters. The van der Waals surface area contributed by atoms with Crippen molar-refractivity contribution in [1.29, 1.82) is 0 Å². The Morgan fingerprint density at radius 2 is 2.17 bits per heavy atom. The molecule has 0 saturated carbocycles. The van der Waals surface area contributed by atoms with Crippen LogP contribution in [0, 0.1) is 0 Å². The van der Waals surface area contributed by atoms with Crippen LogP contribution >= 0.6 is 0 Å². The molecule has 0 aliphatic carbocycles. The van der Waals surface area contributed by atoms with Gasteiger partial charge in [-0.3, -0.25) is 0 Å². The van der Waals surface area contributed by atoms with Crippen LogP contribution in [-0.2, 0) is 9.53 Å². The van der Waals surface area contributed by atoms with Gasteiger partial charge in [0.25, 0.3) is 0 Å². The summed E-state index contributed by atoms with van der Waals surface area (Å²) < 4.78 is 5.46. The lowest BCUT2D eigenvalue weighted by atomic mass is 10.2. The normalized spacial score (nSPS) is 27.4. The van der Waals surface area contributed by atoms with Gasteiger partial charge < -0.3 is 20.1 Å². The topological polar surface area (TPSA) is 78.9 Å². The molecule has 2 aliphatic rings. The Morgan fingerprint density at radius 1 is 1.33 bits per heavy atom. The van der Waals surface area contributed by atoms with Crippen LogP contribution in [0.15, 0.2) is 0 Å². The van der Waals surface area contributed by atoms with Crippen molar-refractivity contribution in [2.75, 3.05) is 19.7 Å². The number of urea groups is 1. The summed E-state index contributed by atoms with van der Waals surface area (Å²) in [6.45, 7) is 1.89. The second-order valence-corrected chi connectivity index (χ2v) is 4.85. The van der Waals surface area contributed by atoms with E-state index in [4.69, 9.17) is 9.84 Å². The van der Waals surface area contributed by atoms with E-state index in [0.29, 0.717) is 19.5 Å². The van der Waals surface area contributed by atoms with Crippen LogP contribution in [0.2, 0.25) is 0 Å². The van der Waals surface area contributed by atoms with E-state index < -0.39 is 12.0 Å². The highest BCUT2D eigenvalue weighted by Crippen LogP contribution is 2.18. The summed E-state index contributed by atoms with van der Waals surface area (Å²) in [5, 5.41) is 11.8. The number of amides is 2. The number of hydrogen-bond donors (Lipinski definition) is 2. The summed E-state index contributed by atoms with van der Waals surface area (Å²) in [5.74, 6) is -0.915. The number of nitrogens with one attached hydrogen (secondary N) is 1. The van der Waals surface area contributed by atoms with E-state index in [-0.39, 0.29) is 12.1 Å². The molecule has 18 heavy (non-hydrogen) atoms. The molecule has 2 amide bonds. The fourth-order valence-electron chi connectivity index (χ4n) is 2.58. The Morgan fingerprint density at radius 3 is 2.83 bits per heavy atom. The van der Waals surface area contributed by atoms with Gasteiger partial charge in [0.05, 0.1) is 6.10 Å². The Hall–Kier alpha value is -1.30. The lowest BCUT2D eigenvalue weighted by molar-refractivity contribution is -0.141.